The third-order valence-corrected chi connectivity index (χ3v) is 6.95. The molecule has 8 heteroatoms. The van der Waals surface area contributed by atoms with E-state index in [0.717, 1.165) is 24.3 Å². The Morgan fingerprint density at radius 2 is 1.50 bits per heavy atom. The molecule has 4 rings (SSSR count). The SMILES string of the molecule is Cc1ccc(S(=O)(=O)Nc2ccc(N3CCN(c4ccccc4)CC3)c(C(=O)O)c2)cc1. The average Bonchev–Trinajstić information content (AvgIpc) is 2.80. The van der Waals surface area contributed by atoms with Crippen molar-refractivity contribution in [2.24, 2.45) is 0 Å². The first-order chi connectivity index (χ1) is 15.3. The van der Waals surface area contributed by atoms with Crippen LogP contribution in [0.3, 0.4) is 0 Å². The molecule has 0 atom stereocenters. The molecule has 0 amide bonds. The van der Waals surface area contributed by atoms with E-state index in [1.807, 2.05) is 30.0 Å². The zero-order chi connectivity index (χ0) is 22.7. The van der Waals surface area contributed by atoms with Crippen LogP contribution in [0, 0.1) is 6.92 Å². The van der Waals surface area contributed by atoms with Gasteiger partial charge in [0.2, 0.25) is 0 Å². The van der Waals surface area contributed by atoms with Gasteiger partial charge in [0.25, 0.3) is 10.0 Å². The fourth-order valence-corrected chi connectivity index (χ4v) is 4.87. The van der Waals surface area contributed by atoms with Crippen molar-refractivity contribution in [3.05, 3.63) is 83.9 Å². The van der Waals surface area contributed by atoms with Crippen molar-refractivity contribution in [1.82, 2.24) is 0 Å². The molecule has 0 bridgehead atoms. The number of carboxylic acid groups (broad SMARTS) is 1. The normalized spacial score (nSPS) is 14.3. The Morgan fingerprint density at radius 3 is 2.12 bits per heavy atom. The Bertz CT molecular complexity index is 1200. The van der Waals surface area contributed by atoms with Gasteiger partial charge in [-0.2, -0.15) is 0 Å². The third kappa shape index (κ3) is 4.70. The summed E-state index contributed by atoms with van der Waals surface area (Å²) in [4.78, 5) is 16.4. The monoisotopic (exact) mass is 451 g/mol. The first kappa shape index (κ1) is 21.7. The quantitative estimate of drug-likeness (QED) is 0.592. The summed E-state index contributed by atoms with van der Waals surface area (Å²) < 4.78 is 27.8. The van der Waals surface area contributed by atoms with Crippen LogP contribution in [0.2, 0.25) is 0 Å². The molecule has 0 unspecified atom stereocenters. The highest BCUT2D eigenvalue weighted by atomic mass is 32.2. The van der Waals surface area contributed by atoms with Crippen LogP contribution in [-0.4, -0.2) is 45.7 Å². The Kier molecular flexibility index (Phi) is 6.05. The second-order valence-electron chi connectivity index (χ2n) is 7.77. The number of para-hydroxylation sites is 1. The molecule has 2 N–H and O–H groups in total. The summed E-state index contributed by atoms with van der Waals surface area (Å²) in [6.45, 7) is 4.75. The lowest BCUT2D eigenvalue weighted by atomic mass is 10.1. The Labute approximate surface area is 188 Å². The van der Waals surface area contributed by atoms with Gasteiger partial charge in [-0.05, 0) is 49.4 Å². The zero-order valence-corrected chi connectivity index (χ0v) is 18.5. The van der Waals surface area contributed by atoms with Crippen LogP contribution in [0.1, 0.15) is 15.9 Å². The van der Waals surface area contributed by atoms with Crippen LogP contribution in [-0.2, 0) is 10.0 Å². The van der Waals surface area contributed by atoms with Gasteiger partial charge in [-0.3, -0.25) is 4.72 Å². The molecular weight excluding hydrogens is 426 g/mol. The van der Waals surface area contributed by atoms with Crippen molar-refractivity contribution in [2.45, 2.75) is 11.8 Å². The van der Waals surface area contributed by atoms with E-state index in [1.165, 1.54) is 18.2 Å². The van der Waals surface area contributed by atoms with Crippen molar-refractivity contribution in [1.29, 1.82) is 0 Å². The van der Waals surface area contributed by atoms with Crippen LogP contribution in [0.5, 0.6) is 0 Å². The van der Waals surface area contributed by atoms with Crippen molar-refractivity contribution < 1.29 is 18.3 Å². The minimum atomic E-state index is -3.81. The molecule has 0 aromatic heterocycles. The van der Waals surface area contributed by atoms with Gasteiger partial charge < -0.3 is 14.9 Å². The molecule has 0 aliphatic carbocycles. The molecule has 1 aliphatic heterocycles. The highest BCUT2D eigenvalue weighted by Gasteiger charge is 2.23. The standard InChI is InChI=1S/C24H25N3O4S/c1-18-7-10-21(11-8-18)32(30,31)25-19-9-12-23(22(17-19)24(28)29)27-15-13-26(14-16-27)20-5-3-2-4-6-20/h2-12,17,25H,13-16H2,1H3,(H,28,29). The number of carbonyl (C=O) groups is 1. The number of carboxylic acids is 1. The van der Waals surface area contributed by atoms with Crippen LogP contribution in [0.25, 0.3) is 0 Å². The number of sulfonamides is 1. The number of rotatable bonds is 6. The summed E-state index contributed by atoms with van der Waals surface area (Å²) >= 11 is 0. The smallest absolute Gasteiger partial charge is 0.337 e. The minimum absolute atomic E-state index is 0.0715. The Hall–Kier alpha value is -3.52. The topological polar surface area (TPSA) is 90.0 Å². The van der Waals surface area contributed by atoms with Gasteiger partial charge in [0.05, 0.1) is 16.1 Å². The number of nitrogens with zero attached hydrogens (tertiary/aromatic N) is 2. The summed E-state index contributed by atoms with van der Waals surface area (Å²) in [5.41, 5.74) is 2.97. The largest absolute Gasteiger partial charge is 0.478 e. The van der Waals surface area contributed by atoms with Gasteiger partial charge in [-0.1, -0.05) is 35.9 Å². The van der Waals surface area contributed by atoms with Crippen molar-refractivity contribution in [3.8, 4) is 0 Å². The highest BCUT2D eigenvalue weighted by molar-refractivity contribution is 7.92. The van der Waals surface area contributed by atoms with E-state index in [4.69, 9.17) is 0 Å². The van der Waals surface area contributed by atoms with Crippen LogP contribution in [0.15, 0.2) is 77.7 Å². The number of anilines is 3. The number of benzene rings is 3. The van der Waals surface area contributed by atoms with Crippen LogP contribution in [0.4, 0.5) is 17.1 Å². The Balaban J connectivity index is 1.52. The predicted molar refractivity (Wildman–Crippen MR) is 126 cm³/mol. The molecule has 0 saturated carbocycles. The van der Waals surface area contributed by atoms with Gasteiger partial charge in [0.1, 0.15) is 0 Å². The number of aryl methyl sites for hydroxylation is 1. The van der Waals surface area contributed by atoms with Gasteiger partial charge in [0, 0.05) is 37.6 Å². The van der Waals surface area contributed by atoms with Gasteiger partial charge >= 0.3 is 5.97 Å². The van der Waals surface area contributed by atoms with E-state index in [0.29, 0.717) is 18.8 Å². The molecule has 1 saturated heterocycles. The molecule has 7 nitrogen and oxygen atoms in total. The maximum atomic E-state index is 12.7. The second kappa shape index (κ2) is 8.92. The molecule has 0 radical (unpaired) electrons. The lowest BCUT2D eigenvalue weighted by molar-refractivity contribution is 0.0697. The lowest BCUT2D eigenvalue weighted by Gasteiger charge is -2.38. The van der Waals surface area contributed by atoms with Gasteiger partial charge in [-0.15, -0.1) is 0 Å². The molecule has 3 aromatic carbocycles. The molecule has 0 spiro atoms. The number of piperazine rings is 1. The van der Waals surface area contributed by atoms with E-state index in [-0.39, 0.29) is 16.1 Å². The summed E-state index contributed by atoms with van der Waals surface area (Å²) in [6.07, 6.45) is 0. The fraction of sp³-hybridized carbons (Fsp3) is 0.208. The summed E-state index contributed by atoms with van der Waals surface area (Å²) in [7, 11) is -3.81. The second-order valence-corrected chi connectivity index (χ2v) is 9.45. The maximum absolute atomic E-state index is 12.7. The summed E-state index contributed by atoms with van der Waals surface area (Å²) in [5, 5.41) is 9.78. The van der Waals surface area contributed by atoms with Crippen molar-refractivity contribution in [3.63, 3.8) is 0 Å². The molecule has 1 aliphatic rings. The molecular formula is C24H25N3O4S. The molecule has 166 valence electrons. The first-order valence-corrected chi connectivity index (χ1v) is 11.8. The van der Waals surface area contributed by atoms with Gasteiger partial charge in [0.15, 0.2) is 0 Å². The number of hydrogen-bond acceptors (Lipinski definition) is 5. The summed E-state index contributed by atoms with van der Waals surface area (Å²) in [5.74, 6) is -1.10. The zero-order valence-electron chi connectivity index (χ0n) is 17.7. The Morgan fingerprint density at radius 1 is 0.875 bits per heavy atom. The predicted octanol–water partition coefficient (Wildman–Crippen LogP) is 3.82. The molecule has 3 aromatic rings. The van der Waals surface area contributed by atoms with Crippen LogP contribution < -0.4 is 14.5 Å². The first-order valence-electron chi connectivity index (χ1n) is 10.4. The maximum Gasteiger partial charge on any atom is 0.337 e. The van der Waals surface area contributed by atoms with E-state index in [2.05, 4.69) is 21.8 Å². The van der Waals surface area contributed by atoms with Crippen LogP contribution >= 0.6 is 0 Å². The van der Waals surface area contributed by atoms with E-state index in [9.17, 15) is 18.3 Å². The molecule has 32 heavy (non-hydrogen) atoms. The van der Waals surface area contributed by atoms with Crippen molar-refractivity contribution >= 4 is 33.1 Å². The highest BCUT2D eigenvalue weighted by Crippen LogP contribution is 2.28. The minimum Gasteiger partial charge on any atom is -0.478 e. The molecule has 1 fully saturated rings. The number of nitrogens with one attached hydrogen (secondary N) is 1. The third-order valence-electron chi connectivity index (χ3n) is 5.55. The van der Waals surface area contributed by atoms with E-state index < -0.39 is 16.0 Å². The van der Waals surface area contributed by atoms with Gasteiger partial charge in [-0.25, -0.2) is 13.2 Å². The molecule has 1 heterocycles. The van der Waals surface area contributed by atoms with Crippen molar-refractivity contribution in [2.75, 3.05) is 40.7 Å². The number of hydrogen-bond donors (Lipinski definition) is 2. The lowest BCUT2D eigenvalue weighted by Crippen LogP contribution is -2.47. The average molecular weight is 452 g/mol. The fourth-order valence-electron chi connectivity index (χ4n) is 3.82. The van der Waals surface area contributed by atoms with E-state index >= 15 is 0 Å². The van der Waals surface area contributed by atoms with E-state index in [1.54, 1.807) is 24.3 Å². The summed E-state index contributed by atoms with van der Waals surface area (Å²) in [6, 6.07) is 21.3. The number of aromatic carboxylic acids is 1.